The van der Waals surface area contributed by atoms with Gasteiger partial charge in [0.05, 0.1) is 47.5 Å². The number of rotatable bonds is 10. The van der Waals surface area contributed by atoms with E-state index in [0.717, 1.165) is 5.56 Å². The van der Waals surface area contributed by atoms with Crippen LogP contribution in [0.15, 0.2) is 76.0 Å². The Morgan fingerprint density at radius 1 is 0.971 bits per heavy atom. The van der Waals surface area contributed by atoms with Gasteiger partial charge in [0.2, 0.25) is 0 Å². The van der Waals surface area contributed by atoms with Crippen LogP contribution in [-0.2, 0) is 28.6 Å². The molecule has 9 nitrogen and oxygen atoms in total. The monoisotopic (exact) mass is 521 g/mol. The zero-order chi connectivity index (χ0) is 25.8. The molecule has 2 aromatic carbocycles. The lowest BCUT2D eigenvalue weighted by atomic mass is 9.80. The van der Waals surface area contributed by atoms with Gasteiger partial charge in [0.25, 0.3) is 10.1 Å². The Morgan fingerprint density at radius 2 is 1.60 bits per heavy atom. The molecule has 0 bridgehead atoms. The number of benzene rings is 2. The summed E-state index contributed by atoms with van der Waals surface area (Å²) < 4.78 is 35.0. The van der Waals surface area contributed by atoms with Crippen LogP contribution in [0.5, 0.6) is 0 Å². The fourth-order valence-corrected chi connectivity index (χ4v) is 4.85. The number of dihydropyridines is 1. The normalized spacial score (nSPS) is 16.3. The minimum Gasteiger partial charge on any atom is -0.478 e. The van der Waals surface area contributed by atoms with Crippen LogP contribution in [0.4, 0.5) is 0 Å². The lowest BCUT2D eigenvalue weighted by molar-refractivity contribution is -0.133. The van der Waals surface area contributed by atoms with Gasteiger partial charge in [0, 0.05) is 10.7 Å². The van der Waals surface area contributed by atoms with Crippen LogP contribution in [0.25, 0.3) is 0 Å². The van der Waals surface area contributed by atoms with Gasteiger partial charge in [-0.1, -0.05) is 47.5 Å². The predicted octanol–water partition coefficient (Wildman–Crippen LogP) is 3.45. The summed E-state index contributed by atoms with van der Waals surface area (Å²) in [6.07, 6.45) is 0. The van der Waals surface area contributed by atoms with Crippen LogP contribution < -0.4 is 5.32 Å². The average Bonchev–Trinajstić information content (AvgIpc) is 2.78. The Balaban J connectivity index is 1.77. The largest absolute Gasteiger partial charge is 0.478 e. The van der Waals surface area contributed by atoms with Gasteiger partial charge in [-0.25, -0.2) is 9.59 Å². The molecule has 2 aromatic rings. The zero-order valence-corrected chi connectivity index (χ0v) is 20.5. The van der Waals surface area contributed by atoms with Crippen LogP contribution >= 0.6 is 11.6 Å². The summed E-state index contributed by atoms with van der Waals surface area (Å²) in [6, 6.07) is 12.6. The fourth-order valence-electron chi connectivity index (χ4n) is 3.72. The third-order valence-electron chi connectivity index (χ3n) is 5.34. The van der Waals surface area contributed by atoms with Crippen molar-refractivity contribution in [3.05, 3.63) is 87.2 Å². The number of carbonyl (C=O) groups is 2. The van der Waals surface area contributed by atoms with Gasteiger partial charge in [0.1, 0.15) is 0 Å². The molecule has 1 aliphatic rings. The van der Waals surface area contributed by atoms with Gasteiger partial charge in [-0.2, -0.15) is 8.42 Å². The van der Waals surface area contributed by atoms with Crippen molar-refractivity contribution in [1.29, 1.82) is 0 Å². The average molecular weight is 522 g/mol. The van der Waals surface area contributed by atoms with E-state index >= 15 is 0 Å². The van der Waals surface area contributed by atoms with Gasteiger partial charge in [-0.05, 0) is 37.6 Å². The van der Waals surface area contributed by atoms with Crippen molar-refractivity contribution in [2.24, 2.45) is 0 Å². The number of ether oxygens (including phenoxy) is 1. The minimum atomic E-state index is -3.97. The Bertz CT molecular complexity index is 1300. The van der Waals surface area contributed by atoms with Gasteiger partial charge >= 0.3 is 11.9 Å². The van der Waals surface area contributed by atoms with E-state index in [0.29, 0.717) is 5.56 Å². The molecule has 0 spiro atoms. The van der Waals surface area contributed by atoms with E-state index in [2.05, 4.69) is 5.32 Å². The summed E-state index contributed by atoms with van der Waals surface area (Å²) in [7, 11) is -3.97. The van der Waals surface area contributed by atoms with Gasteiger partial charge < -0.3 is 20.3 Å². The molecule has 35 heavy (non-hydrogen) atoms. The number of hydrogen-bond donors (Lipinski definition) is 3. The van der Waals surface area contributed by atoms with Crippen LogP contribution in [0.1, 0.15) is 24.0 Å². The first-order valence-electron chi connectivity index (χ1n) is 10.5. The van der Waals surface area contributed by atoms with Crippen molar-refractivity contribution >= 4 is 33.7 Å². The van der Waals surface area contributed by atoms with Crippen LogP contribution in [-0.4, -0.2) is 50.4 Å². The van der Waals surface area contributed by atoms with Crippen molar-refractivity contribution in [2.45, 2.75) is 24.7 Å². The van der Waals surface area contributed by atoms with Crippen LogP contribution in [0.3, 0.4) is 0 Å². The summed E-state index contributed by atoms with van der Waals surface area (Å²) >= 11 is 6.28. The maximum Gasteiger partial charge on any atom is 0.334 e. The molecular formula is C24H24ClNO8S. The van der Waals surface area contributed by atoms with E-state index in [1.54, 1.807) is 36.4 Å². The molecule has 1 unspecified atom stereocenters. The molecule has 1 atom stereocenters. The standard InChI is InChI=1S/C24H24ClNO8S/c1-14-7-9-16(10-8-14)35(31,32)34-12-11-33-13-19-22(24(29)30)21(17-5-3-4-6-18(17)25)20(23(27)28)15(2)26-19/h3-10,21,26H,11-13H2,1-2H3,(H,27,28)(H,29,30). The first-order valence-corrected chi connectivity index (χ1v) is 12.3. The molecule has 3 N–H and O–H groups in total. The second-order valence-corrected chi connectivity index (χ2v) is 9.79. The molecule has 0 fully saturated rings. The van der Waals surface area contributed by atoms with Gasteiger partial charge in [-0.3, -0.25) is 4.18 Å². The maximum atomic E-state index is 12.3. The van der Waals surface area contributed by atoms with Gasteiger partial charge in [0.15, 0.2) is 0 Å². The first-order chi connectivity index (χ1) is 16.5. The molecule has 3 rings (SSSR count). The van der Waals surface area contributed by atoms with Crippen molar-refractivity contribution < 1.29 is 37.1 Å². The second-order valence-electron chi connectivity index (χ2n) is 7.76. The number of nitrogens with one attached hydrogen (secondary N) is 1. The lowest BCUT2D eigenvalue weighted by Gasteiger charge is -2.30. The topological polar surface area (TPSA) is 139 Å². The van der Waals surface area contributed by atoms with Crippen molar-refractivity contribution in [3.8, 4) is 0 Å². The summed E-state index contributed by atoms with van der Waals surface area (Å²) in [5.41, 5.74) is 1.23. The number of carboxylic acid groups (broad SMARTS) is 2. The van der Waals surface area contributed by atoms with Crippen molar-refractivity contribution in [1.82, 2.24) is 5.32 Å². The number of halogens is 1. The van der Waals surface area contributed by atoms with Crippen LogP contribution in [0, 0.1) is 6.92 Å². The van der Waals surface area contributed by atoms with Crippen molar-refractivity contribution in [3.63, 3.8) is 0 Å². The third-order valence-corrected chi connectivity index (χ3v) is 7.01. The SMILES string of the molecule is CC1=C(C(=O)O)C(c2ccccc2Cl)C(C(=O)O)=C(COCCOS(=O)(=O)c2ccc(C)cc2)N1. The molecule has 0 radical (unpaired) electrons. The summed E-state index contributed by atoms with van der Waals surface area (Å²) in [5, 5.41) is 22.8. The number of carboxylic acids is 2. The number of aliphatic carboxylic acids is 2. The molecular weight excluding hydrogens is 498 g/mol. The minimum absolute atomic E-state index is 0.0115. The van der Waals surface area contributed by atoms with E-state index < -0.39 is 28.0 Å². The number of aryl methyl sites for hydroxylation is 1. The smallest absolute Gasteiger partial charge is 0.334 e. The molecule has 0 amide bonds. The Labute approximate surface area is 207 Å². The molecule has 1 heterocycles. The zero-order valence-electron chi connectivity index (χ0n) is 18.9. The highest BCUT2D eigenvalue weighted by molar-refractivity contribution is 7.86. The maximum absolute atomic E-state index is 12.3. The summed E-state index contributed by atoms with van der Waals surface area (Å²) in [4.78, 5) is 24.2. The fraction of sp³-hybridized carbons (Fsp3) is 0.250. The Kier molecular flexibility index (Phi) is 8.34. The highest BCUT2D eigenvalue weighted by Crippen LogP contribution is 2.41. The van der Waals surface area contributed by atoms with E-state index in [9.17, 15) is 28.2 Å². The highest BCUT2D eigenvalue weighted by Gasteiger charge is 2.38. The van der Waals surface area contributed by atoms with E-state index in [1.807, 2.05) is 6.92 Å². The number of hydrogen-bond acceptors (Lipinski definition) is 7. The quantitative estimate of drug-likeness (QED) is 0.317. The molecule has 0 saturated carbocycles. The highest BCUT2D eigenvalue weighted by atomic mass is 35.5. The summed E-state index contributed by atoms with van der Waals surface area (Å²) in [6.45, 7) is 2.64. The van der Waals surface area contributed by atoms with Gasteiger partial charge in [-0.15, -0.1) is 0 Å². The Morgan fingerprint density at radius 3 is 2.20 bits per heavy atom. The molecule has 1 aliphatic heterocycles. The molecule has 11 heteroatoms. The Hall–Kier alpha value is -3.18. The van der Waals surface area contributed by atoms with E-state index in [1.165, 1.54) is 19.1 Å². The first kappa shape index (κ1) is 26.4. The third kappa shape index (κ3) is 6.09. The summed E-state index contributed by atoms with van der Waals surface area (Å²) in [5.74, 6) is -3.77. The second kappa shape index (κ2) is 11.0. The predicted molar refractivity (Wildman–Crippen MR) is 127 cm³/mol. The van der Waals surface area contributed by atoms with E-state index in [4.69, 9.17) is 20.5 Å². The lowest BCUT2D eigenvalue weighted by Crippen LogP contribution is -2.34. The molecule has 0 aromatic heterocycles. The molecule has 0 saturated heterocycles. The molecule has 0 aliphatic carbocycles. The van der Waals surface area contributed by atoms with Crippen LogP contribution in [0.2, 0.25) is 5.02 Å². The van der Waals surface area contributed by atoms with Crippen molar-refractivity contribution in [2.75, 3.05) is 19.8 Å². The van der Waals surface area contributed by atoms with E-state index in [-0.39, 0.29) is 52.3 Å². The number of allylic oxidation sites excluding steroid dienone is 1. The molecule has 186 valence electrons.